The first-order valence-corrected chi connectivity index (χ1v) is 5.63. The van der Waals surface area contributed by atoms with Gasteiger partial charge in [0.05, 0.1) is 6.07 Å². The third-order valence-electron chi connectivity index (χ3n) is 3.21. The highest BCUT2D eigenvalue weighted by atomic mass is 16.1. The van der Waals surface area contributed by atoms with Gasteiger partial charge in [-0.3, -0.25) is 9.78 Å². The molecule has 16 heavy (non-hydrogen) atoms. The molecule has 3 heteroatoms. The van der Waals surface area contributed by atoms with Crippen LogP contribution in [-0.4, -0.2) is 10.8 Å². The Morgan fingerprint density at radius 3 is 2.69 bits per heavy atom. The van der Waals surface area contributed by atoms with Crippen LogP contribution in [0.5, 0.6) is 0 Å². The van der Waals surface area contributed by atoms with Crippen molar-refractivity contribution >= 4 is 5.78 Å². The fourth-order valence-corrected chi connectivity index (χ4v) is 1.99. The quantitative estimate of drug-likeness (QED) is 0.773. The van der Waals surface area contributed by atoms with Gasteiger partial charge in [0, 0.05) is 18.8 Å². The molecule has 1 fully saturated rings. The highest BCUT2D eigenvalue weighted by molar-refractivity contribution is 5.88. The highest BCUT2D eigenvalue weighted by Crippen LogP contribution is 2.31. The molecule has 1 aromatic rings. The van der Waals surface area contributed by atoms with Crippen molar-refractivity contribution in [3.63, 3.8) is 0 Å². The first-order valence-electron chi connectivity index (χ1n) is 5.63. The summed E-state index contributed by atoms with van der Waals surface area (Å²) in [5.41, 5.74) is 0.766. The van der Waals surface area contributed by atoms with E-state index in [0.717, 1.165) is 18.4 Å². The number of rotatable bonds is 4. The number of carbonyl (C=O) groups excluding carboxylic acids is 1. The van der Waals surface area contributed by atoms with E-state index >= 15 is 0 Å². The van der Waals surface area contributed by atoms with Crippen molar-refractivity contribution in [2.75, 3.05) is 0 Å². The van der Waals surface area contributed by atoms with Crippen LogP contribution in [0.1, 0.15) is 37.2 Å². The standard InChI is InChI=1S/C13H14N2O/c14-9-12(11-4-6-15-7-5-11)13(16)8-10-2-1-3-10/h4-7,10,12H,1-3,8H2. The van der Waals surface area contributed by atoms with Gasteiger partial charge in [0.15, 0.2) is 5.78 Å². The van der Waals surface area contributed by atoms with E-state index in [0.29, 0.717) is 12.3 Å². The van der Waals surface area contributed by atoms with Crippen molar-refractivity contribution in [3.05, 3.63) is 30.1 Å². The van der Waals surface area contributed by atoms with Crippen molar-refractivity contribution < 1.29 is 4.79 Å². The first-order chi connectivity index (χ1) is 7.81. The summed E-state index contributed by atoms with van der Waals surface area (Å²) < 4.78 is 0. The average Bonchev–Trinajstić information content (AvgIpc) is 2.26. The molecule has 1 aliphatic rings. The minimum atomic E-state index is -0.608. The lowest BCUT2D eigenvalue weighted by molar-refractivity contribution is -0.120. The Bertz CT molecular complexity index is 404. The van der Waals surface area contributed by atoms with Crippen LogP contribution in [0.3, 0.4) is 0 Å². The van der Waals surface area contributed by atoms with Gasteiger partial charge in [-0.2, -0.15) is 5.26 Å². The van der Waals surface area contributed by atoms with E-state index in [9.17, 15) is 4.79 Å². The second kappa shape index (κ2) is 4.89. The van der Waals surface area contributed by atoms with E-state index in [1.807, 2.05) is 0 Å². The monoisotopic (exact) mass is 214 g/mol. The van der Waals surface area contributed by atoms with Crippen LogP contribution in [0.15, 0.2) is 24.5 Å². The maximum absolute atomic E-state index is 11.9. The number of pyridine rings is 1. The third kappa shape index (κ3) is 2.27. The van der Waals surface area contributed by atoms with Gasteiger partial charge >= 0.3 is 0 Å². The molecule has 1 aromatic heterocycles. The van der Waals surface area contributed by atoms with Crippen LogP contribution in [0.25, 0.3) is 0 Å². The van der Waals surface area contributed by atoms with Crippen molar-refractivity contribution in [2.45, 2.75) is 31.6 Å². The van der Waals surface area contributed by atoms with Gasteiger partial charge in [-0.15, -0.1) is 0 Å². The lowest BCUT2D eigenvalue weighted by atomic mass is 9.79. The molecule has 1 heterocycles. The van der Waals surface area contributed by atoms with Gasteiger partial charge in [0.25, 0.3) is 0 Å². The molecule has 0 saturated heterocycles. The Hall–Kier alpha value is -1.69. The van der Waals surface area contributed by atoms with E-state index in [1.54, 1.807) is 24.5 Å². The smallest absolute Gasteiger partial charge is 0.154 e. The first kappa shape index (κ1) is 10.8. The fraction of sp³-hybridized carbons (Fsp3) is 0.462. The van der Waals surface area contributed by atoms with E-state index in [-0.39, 0.29) is 5.78 Å². The van der Waals surface area contributed by atoms with E-state index in [4.69, 9.17) is 5.26 Å². The lowest BCUT2D eigenvalue weighted by Gasteiger charge is -2.25. The maximum Gasteiger partial charge on any atom is 0.154 e. The van der Waals surface area contributed by atoms with Gasteiger partial charge in [0.2, 0.25) is 0 Å². The molecule has 0 N–H and O–H groups in total. The van der Waals surface area contributed by atoms with Crippen LogP contribution in [0, 0.1) is 17.2 Å². The zero-order valence-corrected chi connectivity index (χ0v) is 9.10. The molecule has 82 valence electrons. The summed E-state index contributed by atoms with van der Waals surface area (Å²) in [6.45, 7) is 0. The molecule has 1 atom stereocenters. The molecule has 0 radical (unpaired) electrons. The summed E-state index contributed by atoms with van der Waals surface area (Å²) in [7, 11) is 0. The summed E-state index contributed by atoms with van der Waals surface area (Å²) in [4.78, 5) is 15.8. The molecule has 1 aliphatic carbocycles. The van der Waals surface area contributed by atoms with Crippen LogP contribution >= 0.6 is 0 Å². The van der Waals surface area contributed by atoms with Crippen LogP contribution in [0.2, 0.25) is 0 Å². The Labute approximate surface area is 95.1 Å². The summed E-state index contributed by atoms with van der Waals surface area (Å²) in [5, 5.41) is 9.06. The number of ketones is 1. The Kier molecular flexibility index (Phi) is 3.31. The van der Waals surface area contributed by atoms with E-state index < -0.39 is 5.92 Å². The van der Waals surface area contributed by atoms with Crippen LogP contribution < -0.4 is 0 Å². The predicted molar refractivity (Wildman–Crippen MR) is 59.6 cm³/mol. The predicted octanol–water partition coefficient (Wildman–Crippen LogP) is 2.45. The summed E-state index contributed by atoms with van der Waals surface area (Å²) in [6, 6.07) is 5.58. The highest BCUT2D eigenvalue weighted by Gasteiger charge is 2.26. The van der Waals surface area contributed by atoms with Crippen molar-refractivity contribution in [1.29, 1.82) is 5.26 Å². The lowest BCUT2D eigenvalue weighted by Crippen LogP contribution is -2.20. The normalized spacial score (nSPS) is 17.2. The second-order valence-corrected chi connectivity index (χ2v) is 4.31. The number of Topliss-reactive ketones (excluding diaryl/α,β-unsaturated/α-hetero) is 1. The minimum absolute atomic E-state index is 0.0541. The number of carbonyl (C=O) groups is 1. The van der Waals surface area contributed by atoms with Crippen molar-refractivity contribution in [1.82, 2.24) is 4.98 Å². The molecule has 1 unspecified atom stereocenters. The number of nitriles is 1. The number of aromatic nitrogens is 1. The zero-order valence-electron chi connectivity index (χ0n) is 9.10. The van der Waals surface area contributed by atoms with Gasteiger partial charge in [-0.25, -0.2) is 0 Å². The zero-order chi connectivity index (χ0) is 11.4. The summed E-state index contributed by atoms with van der Waals surface area (Å²) >= 11 is 0. The van der Waals surface area contributed by atoms with Gasteiger partial charge in [0.1, 0.15) is 5.92 Å². The number of hydrogen-bond donors (Lipinski definition) is 0. The molecule has 0 spiro atoms. The largest absolute Gasteiger partial charge is 0.298 e. The summed E-state index contributed by atoms with van der Waals surface area (Å²) in [6.07, 6.45) is 7.30. The van der Waals surface area contributed by atoms with Gasteiger partial charge < -0.3 is 0 Å². The third-order valence-corrected chi connectivity index (χ3v) is 3.21. The van der Waals surface area contributed by atoms with Gasteiger partial charge in [-0.05, 0) is 23.6 Å². The Morgan fingerprint density at radius 1 is 1.50 bits per heavy atom. The van der Waals surface area contributed by atoms with E-state index in [2.05, 4.69) is 11.1 Å². The SMILES string of the molecule is N#CC(C(=O)CC1CCC1)c1ccncc1. The van der Waals surface area contributed by atoms with E-state index in [1.165, 1.54) is 6.42 Å². The molecule has 0 amide bonds. The molecule has 3 nitrogen and oxygen atoms in total. The maximum atomic E-state index is 11.9. The number of hydrogen-bond acceptors (Lipinski definition) is 3. The van der Waals surface area contributed by atoms with Gasteiger partial charge in [-0.1, -0.05) is 19.3 Å². The molecule has 1 saturated carbocycles. The molecule has 0 bridgehead atoms. The molecular formula is C13H14N2O. The number of nitrogens with zero attached hydrogens (tertiary/aromatic N) is 2. The fourth-order valence-electron chi connectivity index (χ4n) is 1.99. The molecule has 0 aromatic carbocycles. The molecule has 2 rings (SSSR count). The summed E-state index contributed by atoms with van der Waals surface area (Å²) in [5.74, 6) is -0.0350. The second-order valence-electron chi connectivity index (χ2n) is 4.31. The van der Waals surface area contributed by atoms with Crippen molar-refractivity contribution in [2.24, 2.45) is 5.92 Å². The minimum Gasteiger partial charge on any atom is -0.298 e. The van der Waals surface area contributed by atoms with Crippen molar-refractivity contribution in [3.8, 4) is 6.07 Å². The molecular weight excluding hydrogens is 200 g/mol. The molecule has 0 aliphatic heterocycles. The Balaban J connectivity index is 2.05. The van der Waals surface area contributed by atoms with Crippen LogP contribution in [0.4, 0.5) is 0 Å². The van der Waals surface area contributed by atoms with Crippen LogP contribution in [-0.2, 0) is 4.79 Å². The topological polar surface area (TPSA) is 53.8 Å². The average molecular weight is 214 g/mol. The Morgan fingerprint density at radius 2 is 2.19 bits per heavy atom.